The molecular formula is C8H10N2O. The lowest BCUT2D eigenvalue weighted by Crippen LogP contribution is -2.07. The quantitative estimate of drug-likeness (QED) is 0.640. The molecule has 0 amide bonds. The van der Waals surface area contributed by atoms with Gasteiger partial charge in [0.05, 0.1) is 11.7 Å². The van der Waals surface area contributed by atoms with E-state index in [1.165, 1.54) is 0 Å². The van der Waals surface area contributed by atoms with Crippen molar-refractivity contribution in [3.8, 4) is 12.3 Å². The average molecular weight is 150 g/mol. The molecule has 1 rings (SSSR count). The molecule has 3 heteroatoms. The number of nitrogens with zero attached hydrogens (tertiary/aromatic N) is 1. The van der Waals surface area contributed by atoms with Crippen LogP contribution >= 0.6 is 0 Å². The molecule has 0 aliphatic heterocycles. The van der Waals surface area contributed by atoms with E-state index in [1.807, 2.05) is 6.92 Å². The number of terminal acetylenes is 1. The zero-order valence-corrected chi connectivity index (χ0v) is 6.37. The number of rotatable bonds is 2. The van der Waals surface area contributed by atoms with Gasteiger partial charge in [-0.05, 0) is 6.92 Å². The minimum absolute atomic E-state index is 0.221. The molecule has 3 nitrogen and oxygen atoms in total. The second kappa shape index (κ2) is 3.22. The van der Waals surface area contributed by atoms with Crippen molar-refractivity contribution < 1.29 is 4.52 Å². The van der Waals surface area contributed by atoms with Crippen molar-refractivity contribution >= 4 is 0 Å². The molecular weight excluding hydrogens is 140 g/mol. The third-order valence-corrected chi connectivity index (χ3v) is 1.35. The Kier molecular flexibility index (Phi) is 2.29. The van der Waals surface area contributed by atoms with Crippen LogP contribution in [0.2, 0.25) is 0 Å². The largest absolute Gasteiger partial charge is 0.359 e. The normalized spacial score (nSPS) is 12.5. The van der Waals surface area contributed by atoms with Crippen molar-refractivity contribution in [1.82, 2.24) is 5.16 Å². The highest BCUT2D eigenvalue weighted by molar-refractivity contribution is 5.09. The highest BCUT2D eigenvalue weighted by Gasteiger charge is 2.08. The summed E-state index contributed by atoms with van der Waals surface area (Å²) in [6.07, 6.45) is 5.56. The Balaban J connectivity index is 2.70. The van der Waals surface area contributed by atoms with Crippen LogP contribution in [0.15, 0.2) is 10.6 Å². The molecule has 0 saturated heterocycles. The van der Waals surface area contributed by atoms with Gasteiger partial charge in [0.25, 0.3) is 0 Å². The van der Waals surface area contributed by atoms with Crippen LogP contribution in [-0.4, -0.2) is 5.16 Å². The minimum atomic E-state index is -0.221. The Bertz CT molecular complexity index is 272. The Morgan fingerprint density at radius 2 is 2.64 bits per heavy atom. The van der Waals surface area contributed by atoms with Crippen molar-refractivity contribution in [3.05, 3.63) is 17.5 Å². The number of nitrogens with two attached hydrogens (primary N) is 1. The van der Waals surface area contributed by atoms with Crippen LogP contribution in [0.4, 0.5) is 0 Å². The monoisotopic (exact) mass is 150 g/mol. The van der Waals surface area contributed by atoms with Gasteiger partial charge in [0.15, 0.2) is 5.76 Å². The van der Waals surface area contributed by atoms with Crippen LogP contribution in [-0.2, 0) is 0 Å². The number of aromatic nitrogens is 1. The molecule has 0 aromatic carbocycles. The van der Waals surface area contributed by atoms with E-state index in [0.717, 1.165) is 5.69 Å². The second-order valence-corrected chi connectivity index (χ2v) is 2.39. The highest BCUT2D eigenvalue weighted by atomic mass is 16.5. The molecule has 1 atom stereocenters. The van der Waals surface area contributed by atoms with E-state index in [1.54, 1.807) is 6.07 Å². The number of hydrogen-bond donors (Lipinski definition) is 1. The van der Waals surface area contributed by atoms with Gasteiger partial charge < -0.3 is 10.3 Å². The third kappa shape index (κ3) is 1.82. The summed E-state index contributed by atoms with van der Waals surface area (Å²) in [6.45, 7) is 1.84. The lowest BCUT2D eigenvalue weighted by molar-refractivity contribution is 0.360. The van der Waals surface area contributed by atoms with Crippen LogP contribution in [0.5, 0.6) is 0 Å². The molecule has 1 heterocycles. The van der Waals surface area contributed by atoms with Crippen molar-refractivity contribution in [1.29, 1.82) is 0 Å². The zero-order valence-electron chi connectivity index (χ0n) is 6.37. The molecule has 11 heavy (non-hydrogen) atoms. The molecule has 1 unspecified atom stereocenters. The van der Waals surface area contributed by atoms with E-state index in [0.29, 0.717) is 12.2 Å². The number of hydrogen-bond acceptors (Lipinski definition) is 3. The standard InChI is InChI=1S/C8H10N2O/c1-3-4-7(9)8-5-6(2)10-11-8/h1,5,7H,4,9H2,2H3. The summed E-state index contributed by atoms with van der Waals surface area (Å²) >= 11 is 0. The van der Waals surface area contributed by atoms with Gasteiger partial charge in [-0.1, -0.05) is 5.16 Å². The fraction of sp³-hybridized carbons (Fsp3) is 0.375. The molecule has 0 fully saturated rings. The first-order valence-electron chi connectivity index (χ1n) is 3.36. The van der Waals surface area contributed by atoms with Gasteiger partial charge in [-0.3, -0.25) is 0 Å². The van der Waals surface area contributed by atoms with Crippen LogP contribution in [0.25, 0.3) is 0 Å². The summed E-state index contributed by atoms with van der Waals surface area (Å²) in [5, 5.41) is 3.70. The average Bonchev–Trinajstić information content (AvgIpc) is 2.36. The first kappa shape index (κ1) is 7.83. The van der Waals surface area contributed by atoms with E-state index in [9.17, 15) is 0 Å². The third-order valence-electron chi connectivity index (χ3n) is 1.35. The Morgan fingerprint density at radius 1 is 1.91 bits per heavy atom. The van der Waals surface area contributed by atoms with E-state index in [-0.39, 0.29) is 6.04 Å². The van der Waals surface area contributed by atoms with Gasteiger partial charge >= 0.3 is 0 Å². The predicted molar refractivity (Wildman–Crippen MR) is 41.6 cm³/mol. The highest BCUT2D eigenvalue weighted by Crippen LogP contribution is 2.13. The van der Waals surface area contributed by atoms with Crippen LogP contribution in [0, 0.1) is 19.3 Å². The minimum Gasteiger partial charge on any atom is -0.359 e. The van der Waals surface area contributed by atoms with Gasteiger partial charge in [-0.25, -0.2) is 0 Å². The topological polar surface area (TPSA) is 52.0 Å². The van der Waals surface area contributed by atoms with Gasteiger partial charge in [0, 0.05) is 12.5 Å². The van der Waals surface area contributed by atoms with Crippen molar-refractivity contribution in [2.24, 2.45) is 5.73 Å². The molecule has 1 aromatic rings. The van der Waals surface area contributed by atoms with Crippen LogP contribution in [0.3, 0.4) is 0 Å². The van der Waals surface area contributed by atoms with E-state index >= 15 is 0 Å². The summed E-state index contributed by atoms with van der Waals surface area (Å²) in [4.78, 5) is 0. The first-order valence-corrected chi connectivity index (χ1v) is 3.36. The molecule has 0 saturated carbocycles. The lowest BCUT2D eigenvalue weighted by atomic mass is 10.2. The molecule has 0 aliphatic rings. The molecule has 0 spiro atoms. The Labute approximate surface area is 65.6 Å². The fourth-order valence-corrected chi connectivity index (χ4v) is 0.786. The predicted octanol–water partition coefficient (Wildman–Crippen LogP) is 1.01. The SMILES string of the molecule is C#CCC(N)c1cc(C)no1. The maximum absolute atomic E-state index is 5.64. The summed E-state index contributed by atoms with van der Waals surface area (Å²) in [6, 6.07) is 1.57. The maximum Gasteiger partial charge on any atom is 0.154 e. The van der Waals surface area contributed by atoms with Gasteiger partial charge in [0.2, 0.25) is 0 Å². The summed E-state index contributed by atoms with van der Waals surface area (Å²) in [5.41, 5.74) is 6.47. The number of aryl methyl sites for hydroxylation is 1. The van der Waals surface area contributed by atoms with Crippen LogP contribution < -0.4 is 5.73 Å². The Hall–Kier alpha value is -1.27. The van der Waals surface area contributed by atoms with Gasteiger partial charge in [-0.2, -0.15) is 0 Å². The van der Waals surface area contributed by atoms with E-state index in [2.05, 4.69) is 11.1 Å². The van der Waals surface area contributed by atoms with Gasteiger partial charge in [0.1, 0.15) is 0 Å². The molecule has 58 valence electrons. The van der Waals surface area contributed by atoms with Gasteiger partial charge in [-0.15, -0.1) is 12.3 Å². The van der Waals surface area contributed by atoms with Crippen LogP contribution in [0.1, 0.15) is 23.9 Å². The second-order valence-electron chi connectivity index (χ2n) is 2.39. The molecule has 0 bridgehead atoms. The Morgan fingerprint density at radius 3 is 3.09 bits per heavy atom. The van der Waals surface area contributed by atoms with E-state index in [4.69, 9.17) is 16.7 Å². The zero-order chi connectivity index (χ0) is 8.27. The van der Waals surface area contributed by atoms with Crippen molar-refractivity contribution in [2.45, 2.75) is 19.4 Å². The summed E-state index contributed by atoms with van der Waals surface area (Å²) in [7, 11) is 0. The van der Waals surface area contributed by atoms with E-state index < -0.39 is 0 Å². The lowest BCUT2D eigenvalue weighted by Gasteiger charge is -1.99. The maximum atomic E-state index is 5.64. The molecule has 2 N–H and O–H groups in total. The van der Waals surface area contributed by atoms with Crippen molar-refractivity contribution in [2.75, 3.05) is 0 Å². The summed E-state index contributed by atoms with van der Waals surface area (Å²) in [5.74, 6) is 3.12. The summed E-state index contributed by atoms with van der Waals surface area (Å²) < 4.78 is 4.91. The first-order chi connectivity index (χ1) is 5.24. The fourth-order valence-electron chi connectivity index (χ4n) is 0.786. The molecule has 0 aliphatic carbocycles. The molecule has 1 aromatic heterocycles. The molecule has 0 radical (unpaired) electrons. The van der Waals surface area contributed by atoms with Crippen molar-refractivity contribution in [3.63, 3.8) is 0 Å². The smallest absolute Gasteiger partial charge is 0.154 e.